The normalized spacial score (nSPS) is 17.6. The van der Waals surface area contributed by atoms with Gasteiger partial charge < -0.3 is 14.8 Å². The second kappa shape index (κ2) is 6.02. The van der Waals surface area contributed by atoms with Crippen LogP contribution in [0.15, 0.2) is 53.2 Å². The second-order valence-electron chi connectivity index (χ2n) is 5.35. The molecule has 1 amide bonds. The first-order valence-electron chi connectivity index (χ1n) is 7.46. The fourth-order valence-corrected chi connectivity index (χ4v) is 2.65. The van der Waals surface area contributed by atoms with Gasteiger partial charge in [-0.1, -0.05) is 17.7 Å². The number of hydrogen-bond donors (Lipinski definition) is 1. The highest BCUT2D eigenvalue weighted by Gasteiger charge is 2.21. The number of benzene rings is 2. The van der Waals surface area contributed by atoms with Gasteiger partial charge in [-0.15, -0.1) is 0 Å². The van der Waals surface area contributed by atoms with Gasteiger partial charge in [0.1, 0.15) is 24.7 Å². The number of ether oxygens (including phenoxy) is 2. The Labute approximate surface area is 143 Å². The SMILES string of the molecule is O=C1NC(c2ccc(Cl)cc2)=N/C1=C/c1ccc2c(c1)OCCO2. The third-order valence-corrected chi connectivity index (χ3v) is 3.94. The average Bonchev–Trinajstić information content (AvgIpc) is 2.96. The van der Waals surface area contributed by atoms with Gasteiger partial charge in [-0.25, -0.2) is 4.99 Å². The highest BCUT2D eigenvalue weighted by Crippen LogP contribution is 2.31. The summed E-state index contributed by atoms with van der Waals surface area (Å²) in [7, 11) is 0. The van der Waals surface area contributed by atoms with E-state index in [1.807, 2.05) is 30.3 Å². The number of rotatable bonds is 2. The van der Waals surface area contributed by atoms with Crippen LogP contribution >= 0.6 is 11.6 Å². The van der Waals surface area contributed by atoms with Gasteiger partial charge in [0.15, 0.2) is 11.5 Å². The molecule has 2 aromatic rings. The van der Waals surface area contributed by atoms with E-state index >= 15 is 0 Å². The van der Waals surface area contributed by atoms with Crippen LogP contribution < -0.4 is 14.8 Å². The highest BCUT2D eigenvalue weighted by molar-refractivity contribution is 6.30. The Morgan fingerprint density at radius 3 is 2.58 bits per heavy atom. The molecule has 2 aromatic carbocycles. The van der Waals surface area contributed by atoms with E-state index in [0.717, 1.165) is 11.1 Å². The smallest absolute Gasteiger partial charge is 0.275 e. The monoisotopic (exact) mass is 340 g/mol. The maximum atomic E-state index is 12.1. The zero-order valence-electron chi connectivity index (χ0n) is 12.6. The highest BCUT2D eigenvalue weighted by atomic mass is 35.5. The zero-order valence-corrected chi connectivity index (χ0v) is 13.3. The predicted molar refractivity (Wildman–Crippen MR) is 91.5 cm³/mol. The van der Waals surface area contributed by atoms with Crippen LogP contribution in [-0.2, 0) is 4.79 Å². The molecule has 0 aliphatic carbocycles. The molecule has 2 heterocycles. The third kappa shape index (κ3) is 2.86. The van der Waals surface area contributed by atoms with Crippen LogP contribution in [0.1, 0.15) is 11.1 Å². The Morgan fingerprint density at radius 2 is 1.79 bits per heavy atom. The Morgan fingerprint density at radius 1 is 1.04 bits per heavy atom. The number of amidine groups is 1. The van der Waals surface area contributed by atoms with Crippen molar-refractivity contribution in [2.75, 3.05) is 13.2 Å². The van der Waals surface area contributed by atoms with Gasteiger partial charge in [0.25, 0.3) is 5.91 Å². The fourth-order valence-electron chi connectivity index (χ4n) is 2.52. The summed E-state index contributed by atoms with van der Waals surface area (Å²) in [6.07, 6.45) is 1.72. The molecule has 120 valence electrons. The Balaban J connectivity index is 1.64. The van der Waals surface area contributed by atoms with Crippen LogP contribution in [-0.4, -0.2) is 25.0 Å². The molecule has 2 aliphatic heterocycles. The predicted octanol–water partition coefficient (Wildman–Crippen LogP) is 3.03. The lowest BCUT2D eigenvalue weighted by atomic mass is 10.1. The van der Waals surface area contributed by atoms with E-state index in [9.17, 15) is 4.79 Å². The van der Waals surface area contributed by atoms with E-state index in [0.29, 0.717) is 41.3 Å². The standard InChI is InChI=1S/C18H13ClN2O3/c19-13-4-2-12(3-5-13)17-20-14(18(22)21-17)9-11-1-6-15-16(10-11)24-8-7-23-15/h1-6,9-10H,7-8H2,(H,20,21,22)/b14-9+. The minimum Gasteiger partial charge on any atom is -0.486 e. The van der Waals surface area contributed by atoms with E-state index in [2.05, 4.69) is 10.3 Å². The molecule has 5 nitrogen and oxygen atoms in total. The van der Waals surface area contributed by atoms with Gasteiger partial charge in [0.2, 0.25) is 0 Å². The zero-order chi connectivity index (χ0) is 16.5. The Kier molecular flexibility index (Phi) is 3.70. The molecule has 1 N–H and O–H groups in total. The summed E-state index contributed by atoms with van der Waals surface area (Å²) in [4.78, 5) is 16.5. The summed E-state index contributed by atoms with van der Waals surface area (Å²) < 4.78 is 11.0. The first-order valence-corrected chi connectivity index (χ1v) is 7.84. The van der Waals surface area contributed by atoms with Gasteiger partial charge in [-0.3, -0.25) is 4.79 Å². The van der Waals surface area contributed by atoms with Crippen molar-refractivity contribution in [3.05, 3.63) is 64.3 Å². The van der Waals surface area contributed by atoms with Crippen molar-refractivity contribution < 1.29 is 14.3 Å². The van der Waals surface area contributed by atoms with Crippen LogP contribution in [0.2, 0.25) is 5.02 Å². The molecule has 0 saturated heterocycles. The number of carbonyl (C=O) groups is 1. The average molecular weight is 341 g/mol. The molecule has 24 heavy (non-hydrogen) atoms. The fraction of sp³-hybridized carbons (Fsp3) is 0.111. The van der Waals surface area contributed by atoms with Gasteiger partial charge in [-0.2, -0.15) is 0 Å². The molecule has 0 atom stereocenters. The first-order chi connectivity index (χ1) is 11.7. The molecule has 0 unspecified atom stereocenters. The molecule has 0 fully saturated rings. The van der Waals surface area contributed by atoms with Crippen LogP contribution in [0.25, 0.3) is 6.08 Å². The molecule has 2 aliphatic rings. The number of carbonyl (C=O) groups excluding carboxylic acids is 1. The lowest BCUT2D eigenvalue weighted by Crippen LogP contribution is -2.24. The maximum Gasteiger partial charge on any atom is 0.275 e. The number of halogens is 1. The minimum absolute atomic E-state index is 0.241. The van der Waals surface area contributed by atoms with Crippen LogP contribution in [0, 0.1) is 0 Å². The molecule has 0 saturated carbocycles. The van der Waals surface area contributed by atoms with Gasteiger partial charge >= 0.3 is 0 Å². The summed E-state index contributed by atoms with van der Waals surface area (Å²) >= 11 is 5.88. The van der Waals surface area contributed by atoms with Crippen molar-refractivity contribution in [3.8, 4) is 11.5 Å². The Bertz CT molecular complexity index is 872. The molecule has 0 bridgehead atoms. The van der Waals surface area contributed by atoms with Gasteiger partial charge in [0, 0.05) is 10.6 Å². The van der Waals surface area contributed by atoms with Crippen molar-refractivity contribution in [1.82, 2.24) is 5.32 Å². The second-order valence-corrected chi connectivity index (χ2v) is 5.79. The summed E-state index contributed by atoms with van der Waals surface area (Å²) in [6, 6.07) is 12.7. The van der Waals surface area contributed by atoms with E-state index in [4.69, 9.17) is 21.1 Å². The molecule has 0 spiro atoms. The van der Waals surface area contributed by atoms with E-state index in [1.165, 1.54) is 0 Å². The summed E-state index contributed by atoms with van der Waals surface area (Å²) in [6.45, 7) is 1.07. The van der Waals surface area contributed by atoms with E-state index in [1.54, 1.807) is 18.2 Å². The molecular weight excluding hydrogens is 328 g/mol. The molecule has 0 radical (unpaired) electrons. The van der Waals surface area contributed by atoms with Crippen molar-refractivity contribution in [2.24, 2.45) is 4.99 Å². The lowest BCUT2D eigenvalue weighted by Gasteiger charge is -2.18. The number of amides is 1. The van der Waals surface area contributed by atoms with Crippen LogP contribution in [0.4, 0.5) is 0 Å². The van der Waals surface area contributed by atoms with Crippen molar-refractivity contribution in [2.45, 2.75) is 0 Å². The lowest BCUT2D eigenvalue weighted by molar-refractivity contribution is -0.115. The van der Waals surface area contributed by atoms with Gasteiger partial charge in [0.05, 0.1) is 0 Å². The van der Waals surface area contributed by atoms with E-state index < -0.39 is 0 Å². The minimum atomic E-state index is -0.241. The largest absolute Gasteiger partial charge is 0.486 e. The number of nitrogens with zero attached hydrogens (tertiary/aromatic N) is 1. The molecule has 4 rings (SSSR count). The third-order valence-electron chi connectivity index (χ3n) is 3.68. The topological polar surface area (TPSA) is 59.9 Å². The number of hydrogen-bond acceptors (Lipinski definition) is 4. The summed E-state index contributed by atoms with van der Waals surface area (Å²) in [5.41, 5.74) is 1.97. The van der Waals surface area contributed by atoms with Crippen molar-refractivity contribution >= 4 is 29.4 Å². The van der Waals surface area contributed by atoms with Crippen LogP contribution in [0.5, 0.6) is 11.5 Å². The van der Waals surface area contributed by atoms with Crippen molar-refractivity contribution in [1.29, 1.82) is 0 Å². The molecule has 6 heteroatoms. The Hall–Kier alpha value is -2.79. The van der Waals surface area contributed by atoms with Crippen LogP contribution in [0.3, 0.4) is 0 Å². The molecular formula is C18H13ClN2O3. The quantitative estimate of drug-likeness (QED) is 0.855. The summed E-state index contributed by atoms with van der Waals surface area (Å²) in [5.74, 6) is 1.66. The number of fused-ring (bicyclic) bond motifs is 1. The summed E-state index contributed by atoms with van der Waals surface area (Å²) in [5, 5.41) is 3.40. The molecule has 0 aromatic heterocycles. The first kappa shape index (κ1) is 14.8. The van der Waals surface area contributed by atoms with Crippen molar-refractivity contribution in [3.63, 3.8) is 0 Å². The number of aliphatic imine (C=N–C) groups is 1. The van der Waals surface area contributed by atoms with Gasteiger partial charge in [-0.05, 0) is 48.0 Å². The van der Waals surface area contributed by atoms with E-state index in [-0.39, 0.29) is 5.91 Å². The number of nitrogens with one attached hydrogen (secondary N) is 1. The maximum absolute atomic E-state index is 12.1.